The van der Waals surface area contributed by atoms with Gasteiger partial charge >= 0.3 is 0 Å². The monoisotopic (exact) mass is 166 g/mol. The summed E-state index contributed by atoms with van der Waals surface area (Å²) in [6, 6.07) is 5.10. The largest absolute Gasteiger partial charge is 0.313 e. The lowest BCUT2D eigenvalue weighted by Gasteiger charge is -1.97. The predicted molar refractivity (Wildman–Crippen MR) is 42.6 cm³/mol. The molecule has 0 unspecified atom stereocenters. The highest BCUT2D eigenvalue weighted by molar-refractivity contribution is 6.00. The molecule has 0 heterocycles. The van der Waals surface area contributed by atoms with Crippen molar-refractivity contribution in [3.05, 3.63) is 35.6 Å². The van der Waals surface area contributed by atoms with Crippen LogP contribution in [0.25, 0.3) is 0 Å². The summed E-state index contributed by atoms with van der Waals surface area (Å²) in [5.74, 6) is -0.800. The molecule has 0 fully saturated rings. The zero-order valence-electron chi connectivity index (χ0n) is 6.17. The molecule has 0 atom stereocenters. The second-order valence-electron chi connectivity index (χ2n) is 2.12. The van der Waals surface area contributed by atoms with Crippen molar-refractivity contribution in [2.24, 2.45) is 0 Å². The maximum atomic E-state index is 12.4. The van der Waals surface area contributed by atoms with Crippen molar-refractivity contribution in [2.75, 3.05) is 0 Å². The van der Waals surface area contributed by atoms with Crippen molar-refractivity contribution in [2.45, 2.75) is 0 Å². The van der Waals surface area contributed by atoms with E-state index in [2.05, 4.69) is 5.32 Å². The van der Waals surface area contributed by atoms with Crippen molar-refractivity contribution in [1.29, 1.82) is 5.41 Å². The molecule has 1 aromatic rings. The van der Waals surface area contributed by atoms with Gasteiger partial charge in [0.05, 0.1) is 6.34 Å². The Morgan fingerprint density at radius 1 is 1.42 bits per heavy atom. The number of benzene rings is 1. The Bertz CT molecular complexity index is 294. The summed E-state index contributed by atoms with van der Waals surface area (Å²) in [5, 5.41) is 8.76. The van der Waals surface area contributed by atoms with Crippen molar-refractivity contribution in [1.82, 2.24) is 5.32 Å². The first-order valence-corrected chi connectivity index (χ1v) is 3.29. The minimum absolute atomic E-state index is 0.333. The normalized spacial score (nSPS) is 9.08. The molecule has 0 aromatic heterocycles. The lowest BCUT2D eigenvalue weighted by Crippen LogP contribution is -2.20. The van der Waals surface area contributed by atoms with E-state index in [1.807, 2.05) is 0 Å². The molecule has 4 heteroatoms. The second-order valence-corrected chi connectivity index (χ2v) is 2.12. The van der Waals surface area contributed by atoms with E-state index >= 15 is 0 Å². The van der Waals surface area contributed by atoms with E-state index in [1.54, 1.807) is 0 Å². The third kappa shape index (κ3) is 1.88. The average Bonchev–Trinajstić information content (AvgIpc) is 2.06. The van der Waals surface area contributed by atoms with Gasteiger partial charge in [-0.2, -0.15) is 0 Å². The summed E-state index contributed by atoms with van der Waals surface area (Å²) in [7, 11) is 0. The van der Waals surface area contributed by atoms with E-state index in [-0.39, 0.29) is 5.82 Å². The highest BCUT2D eigenvalue weighted by atomic mass is 19.1. The molecule has 0 saturated carbocycles. The fraction of sp³-hybridized carbons (Fsp3) is 0. The summed E-state index contributed by atoms with van der Waals surface area (Å²) in [6.07, 6.45) is 0.783. The molecule has 0 radical (unpaired) electrons. The van der Waals surface area contributed by atoms with Gasteiger partial charge in [0.2, 0.25) is 0 Å². The molecule has 0 bridgehead atoms. The molecule has 2 N–H and O–H groups in total. The fourth-order valence-electron chi connectivity index (χ4n) is 0.750. The maximum Gasteiger partial charge on any atom is 0.256 e. The Hall–Kier alpha value is -1.71. The molecule has 0 aliphatic heterocycles. The molecule has 1 aromatic carbocycles. The van der Waals surface area contributed by atoms with Crippen LogP contribution in [-0.4, -0.2) is 12.2 Å². The number of rotatable bonds is 2. The Kier molecular flexibility index (Phi) is 2.53. The molecule has 0 saturated heterocycles. The van der Waals surface area contributed by atoms with Gasteiger partial charge in [0.15, 0.2) is 0 Å². The van der Waals surface area contributed by atoms with Crippen molar-refractivity contribution >= 4 is 12.2 Å². The number of carbonyl (C=O) groups is 1. The van der Waals surface area contributed by atoms with Gasteiger partial charge in [0.25, 0.3) is 5.91 Å². The third-order valence-electron chi connectivity index (χ3n) is 1.31. The lowest BCUT2D eigenvalue weighted by molar-refractivity contribution is 0.0978. The van der Waals surface area contributed by atoms with Crippen LogP contribution in [0, 0.1) is 11.2 Å². The summed E-state index contributed by atoms with van der Waals surface area (Å²) in [5.41, 5.74) is 0.333. The number of amides is 1. The topological polar surface area (TPSA) is 53.0 Å². The first-order valence-electron chi connectivity index (χ1n) is 3.29. The number of hydrogen-bond acceptors (Lipinski definition) is 2. The maximum absolute atomic E-state index is 12.4. The number of halogens is 1. The van der Waals surface area contributed by atoms with Gasteiger partial charge in [-0.05, 0) is 24.3 Å². The molecule has 12 heavy (non-hydrogen) atoms. The lowest BCUT2D eigenvalue weighted by atomic mass is 10.2. The first kappa shape index (κ1) is 8.39. The van der Waals surface area contributed by atoms with Crippen LogP contribution >= 0.6 is 0 Å². The molecule has 0 aliphatic carbocycles. The van der Waals surface area contributed by atoms with Crippen LogP contribution in [0.4, 0.5) is 4.39 Å². The van der Waals surface area contributed by atoms with Crippen LogP contribution < -0.4 is 5.32 Å². The Morgan fingerprint density at radius 2 is 2.00 bits per heavy atom. The first-order chi connectivity index (χ1) is 5.74. The van der Waals surface area contributed by atoms with Gasteiger partial charge in [0, 0.05) is 5.56 Å². The second kappa shape index (κ2) is 3.61. The number of carbonyl (C=O) groups excluding carboxylic acids is 1. The van der Waals surface area contributed by atoms with E-state index in [0.717, 1.165) is 6.34 Å². The molecule has 1 amide bonds. The van der Waals surface area contributed by atoms with Crippen LogP contribution in [0.3, 0.4) is 0 Å². The van der Waals surface area contributed by atoms with E-state index in [1.165, 1.54) is 24.3 Å². The van der Waals surface area contributed by atoms with Crippen molar-refractivity contribution < 1.29 is 9.18 Å². The van der Waals surface area contributed by atoms with E-state index < -0.39 is 5.91 Å². The zero-order valence-corrected chi connectivity index (χ0v) is 6.17. The summed E-state index contributed by atoms with van der Waals surface area (Å²) < 4.78 is 12.4. The van der Waals surface area contributed by atoms with Gasteiger partial charge in [-0.3, -0.25) is 10.2 Å². The predicted octanol–water partition coefficient (Wildman–Crippen LogP) is 1.16. The molecule has 3 nitrogen and oxygen atoms in total. The number of nitrogens with one attached hydrogen (secondary N) is 2. The standard InChI is InChI=1S/C8H7FN2O/c9-7-3-1-6(2-4-7)8(12)11-5-10/h1-5H,(H2,10,11,12). The minimum Gasteiger partial charge on any atom is -0.313 e. The molecule has 0 aliphatic rings. The molecular formula is C8H7FN2O. The average molecular weight is 166 g/mol. The van der Waals surface area contributed by atoms with Crippen molar-refractivity contribution in [3.8, 4) is 0 Å². The minimum atomic E-state index is -0.412. The van der Waals surface area contributed by atoms with Gasteiger partial charge < -0.3 is 5.32 Å². The van der Waals surface area contributed by atoms with Crippen LogP contribution in [-0.2, 0) is 0 Å². The van der Waals surface area contributed by atoms with Crippen LogP contribution in [0.5, 0.6) is 0 Å². The Balaban J connectivity index is 2.82. The zero-order chi connectivity index (χ0) is 8.97. The van der Waals surface area contributed by atoms with Gasteiger partial charge in [-0.1, -0.05) is 0 Å². The van der Waals surface area contributed by atoms with E-state index in [4.69, 9.17) is 5.41 Å². The summed E-state index contributed by atoms with van der Waals surface area (Å²) >= 11 is 0. The Labute approximate surface area is 68.7 Å². The summed E-state index contributed by atoms with van der Waals surface area (Å²) in [6.45, 7) is 0. The van der Waals surface area contributed by atoms with Gasteiger partial charge in [0.1, 0.15) is 5.82 Å². The van der Waals surface area contributed by atoms with E-state index in [0.29, 0.717) is 5.56 Å². The van der Waals surface area contributed by atoms with Gasteiger partial charge in [-0.15, -0.1) is 0 Å². The quantitative estimate of drug-likeness (QED) is 0.502. The molecule has 0 spiro atoms. The highest BCUT2D eigenvalue weighted by Gasteiger charge is 2.01. The van der Waals surface area contributed by atoms with Crippen LogP contribution in [0.2, 0.25) is 0 Å². The SMILES string of the molecule is N=CNC(=O)c1ccc(F)cc1. The van der Waals surface area contributed by atoms with Crippen LogP contribution in [0.1, 0.15) is 10.4 Å². The van der Waals surface area contributed by atoms with Crippen LogP contribution in [0.15, 0.2) is 24.3 Å². The molecule has 1 rings (SSSR count). The van der Waals surface area contributed by atoms with Crippen molar-refractivity contribution in [3.63, 3.8) is 0 Å². The smallest absolute Gasteiger partial charge is 0.256 e. The van der Waals surface area contributed by atoms with E-state index in [9.17, 15) is 9.18 Å². The molecular weight excluding hydrogens is 159 g/mol. The third-order valence-corrected chi connectivity index (χ3v) is 1.31. The fourth-order valence-corrected chi connectivity index (χ4v) is 0.750. The highest BCUT2D eigenvalue weighted by Crippen LogP contribution is 2.01. The molecule has 62 valence electrons. The van der Waals surface area contributed by atoms with Gasteiger partial charge in [-0.25, -0.2) is 4.39 Å². The summed E-state index contributed by atoms with van der Waals surface area (Å²) in [4.78, 5) is 11.0. The Morgan fingerprint density at radius 3 is 2.50 bits per heavy atom. The number of hydrogen-bond donors (Lipinski definition) is 2.